The Bertz CT molecular complexity index is 967. The van der Waals surface area contributed by atoms with E-state index in [9.17, 15) is 4.79 Å². The number of halogens is 2. The molecule has 0 saturated heterocycles. The van der Waals surface area contributed by atoms with Crippen molar-refractivity contribution in [1.29, 1.82) is 0 Å². The Morgan fingerprint density at radius 2 is 1.89 bits per heavy atom. The van der Waals surface area contributed by atoms with Crippen LogP contribution in [0.4, 0.5) is 0 Å². The first-order chi connectivity index (χ1) is 13.4. The van der Waals surface area contributed by atoms with Crippen molar-refractivity contribution >= 4 is 41.1 Å². The summed E-state index contributed by atoms with van der Waals surface area (Å²) in [5, 5.41) is 0.773. The third-order valence-corrected chi connectivity index (χ3v) is 4.59. The lowest BCUT2D eigenvalue weighted by molar-refractivity contribution is -0.129. The van der Waals surface area contributed by atoms with E-state index in [-0.39, 0.29) is 11.6 Å². The van der Waals surface area contributed by atoms with Crippen molar-refractivity contribution in [2.45, 2.75) is 13.8 Å². The van der Waals surface area contributed by atoms with Crippen LogP contribution in [0, 0.1) is 5.92 Å². The van der Waals surface area contributed by atoms with Gasteiger partial charge in [-0.25, -0.2) is 9.79 Å². The lowest BCUT2D eigenvalue weighted by Gasteiger charge is -2.12. The fraction of sp³-hybridized carbons (Fsp3) is 0.238. The maximum Gasteiger partial charge on any atom is 0.363 e. The number of ether oxygens (including phenoxy) is 3. The van der Waals surface area contributed by atoms with Crippen molar-refractivity contribution in [3.8, 4) is 11.5 Å². The van der Waals surface area contributed by atoms with Crippen LogP contribution in [0.15, 0.2) is 47.1 Å². The van der Waals surface area contributed by atoms with Gasteiger partial charge >= 0.3 is 5.97 Å². The summed E-state index contributed by atoms with van der Waals surface area (Å²) in [7, 11) is 1.57. The largest absolute Gasteiger partial charge is 0.493 e. The molecule has 0 unspecified atom stereocenters. The van der Waals surface area contributed by atoms with Crippen molar-refractivity contribution in [2.24, 2.45) is 10.9 Å². The first-order valence-corrected chi connectivity index (χ1v) is 9.42. The normalized spacial score (nSPS) is 15.0. The van der Waals surface area contributed by atoms with E-state index in [1.165, 1.54) is 0 Å². The van der Waals surface area contributed by atoms with Crippen molar-refractivity contribution in [3.63, 3.8) is 0 Å². The molecule has 0 N–H and O–H groups in total. The van der Waals surface area contributed by atoms with Crippen molar-refractivity contribution in [2.75, 3.05) is 13.7 Å². The van der Waals surface area contributed by atoms with Gasteiger partial charge in [-0.1, -0.05) is 43.1 Å². The minimum absolute atomic E-state index is 0.179. The molecule has 1 aliphatic heterocycles. The average molecular weight is 420 g/mol. The SMILES string of the molecule is COc1cc(/C=C2\N=C(c3ccc(Cl)c(Cl)c3)OC2=O)ccc1OCC(C)C. The van der Waals surface area contributed by atoms with Gasteiger partial charge in [-0.05, 0) is 47.9 Å². The molecule has 0 aliphatic carbocycles. The number of cyclic esters (lactones) is 1. The number of carbonyl (C=O) groups is 1. The number of carbonyl (C=O) groups excluding carboxylic acids is 1. The third-order valence-electron chi connectivity index (χ3n) is 3.85. The van der Waals surface area contributed by atoms with E-state index >= 15 is 0 Å². The van der Waals surface area contributed by atoms with Crippen LogP contribution in [0.1, 0.15) is 25.0 Å². The summed E-state index contributed by atoms with van der Waals surface area (Å²) >= 11 is 11.9. The van der Waals surface area contributed by atoms with Gasteiger partial charge in [0.2, 0.25) is 5.90 Å². The van der Waals surface area contributed by atoms with Gasteiger partial charge in [0.15, 0.2) is 17.2 Å². The third kappa shape index (κ3) is 4.66. The van der Waals surface area contributed by atoms with Gasteiger partial charge in [-0.3, -0.25) is 0 Å². The highest BCUT2D eigenvalue weighted by Gasteiger charge is 2.24. The van der Waals surface area contributed by atoms with Crippen molar-refractivity contribution in [3.05, 3.63) is 63.3 Å². The van der Waals surface area contributed by atoms with Gasteiger partial charge in [-0.2, -0.15) is 0 Å². The Hall–Kier alpha value is -2.50. The quantitative estimate of drug-likeness (QED) is 0.465. The van der Waals surface area contributed by atoms with E-state index in [0.29, 0.717) is 39.6 Å². The number of rotatable bonds is 6. The minimum Gasteiger partial charge on any atom is -0.493 e. The topological polar surface area (TPSA) is 57.1 Å². The van der Waals surface area contributed by atoms with E-state index in [1.807, 2.05) is 6.07 Å². The Morgan fingerprint density at radius 1 is 1.11 bits per heavy atom. The van der Waals surface area contributed by atoms with Crippen LogP contribution in [-0.2, 0) is 9.53 Å². The van der Waals surface area contributed by atoms with Gasteiger partial charge in [0.25, 0.3) is 0 Å². The number of hydrogen-bond donors (Lipinski definition) is 0. The zero-order chi connectivity index (χ0) is 20.3. The molecule has 7 heteroatoms. The van der Waals surface area contributed by atoms with Crippen LogP contribution in [0.2, 0.25) is 10.0 Å². The number of benzene rings is 2. The molecule has 28 heavy (non-hydrogen) atoms. The van der Waals surface area contributed by atoms with Crippen LogP contribution in [0.3, 0.4) is 0 Å². The zero-order valence-corrected chi connectivity index (χ0v) is 17.2. The van der Waals surface area contributed by atoms with Gasteiger partial charge < -0.3 is 14.2 Å². The molecular weight excluding hydrogens is 401 g/mol. The summed E-state index contributed by atoms with van der Waals surface area (Å²) in [5.74, 6) is 1.26. The second-order valence-electron chi connectivity index (χ2n) is 6.58. The van der Waals surface area contributed by atoms with Gasteiger partial charge in [0.1, 0.15) is 0 Å². The second kappa shape index (κ2) is 8.67. The number of esters is 1. The molecule has 146 valence electrons. The van der Waals surface area contributed by atoms with Gasteiger partial charge in [0.05, 0.1) is 23.8 Å². The van der Waals surface area contributed by atoms with Crippen molar-refractivity contribution < 1.29 is 19.0 Å². The number of hydrogen-bond acceptors (Lipinski definition) is 5. The summed E-state index contributed by atoms with van der Waals surface area (Å²) in [5.41, 5.74) is 1.49. The molecule has 0 bridgehead atoms. The number of nitrogens with zero attached hydrogens (tertiary/aromatic N) is 1. The Kier molecular flexibility index (Phi) is 6.27. The number of methoxy groups -OCH3 is 1. The van der Waals surface area contributed by atoms with Gasteiger partial charge in [0, 0.05) is 5.56 Å². The van der Waals surface area contributed by atoms with E-state index in [1.54, 1.807) is 43.5 Å². The minimum atomic E-state index is -0.542. The highest BCUT2D eigenvalue weighted by molar-refractivity contribution is 6.42. The lowest BCUT2D eigenvalue weighted by atomic mass is 10.1. The predicted octanol–water partition coefficient (Wildman–Crippen LogP) is 5.38. The average Bonchev–Trinajstić information content (AvgIpc) is 3.03. The lowest BCUT2D eigenvalue weighted by Crippen LogP contribution is -2.05. The maximum atomic E-state index is 12.2. The van der Waals surface area contributed by atoms with Crippen LogP contribution >= 0.6 is 23.2 Å². The highest BCUT2D eigenvalue weighted by Crippen LogP contribution is 2.30. The monoisotopic (exact) mass is 419 g/mol. The van der Waals surface area contributed by atoms with E-state index in [0.717, 1.165) is 5.56 Å². The smallest absolute Gasteiger partial charge is 0.363 e. The molecule has 0 spiro atoms. The molecule has 0 fully saturated rings. The number of aliphatic imine (C=N–C) groups is 1. The molecule has 1 aliphatic rings. The first-order valence-electron chi connectivity index (χ1n) is 8.66. The van der Waals surface area contributed by atoms with Gasteiger partial charge in [-0.15, -0.1) is 0 Å². The van der Waals surface area contributed by atoms with Crippen LogP contribution < -0.4 is 9.47 Å². The van der Waals surface area contributed by atoms with Crippen LogP contribution in [-0.4, -0.2) is 25.6 Å². The Morgan fingerprint density at radius 3 is 2.57 bits per heavy atom. The highest BCUT2D eigenvalue weighted by atomic mass is 35.5. The molecule has 3 rings (SSSR count). The molecule has 0 radical (unpaired) electrons. The standard InChI is InChI=1S/C21H19Cl2NO4/c1-12(2)11-27-18-7-4-13(9-19(18)26-3)8-17-21(25)28-20(24-17)14-5-6-15(22)16(23)10-14/h4-10,12H,11H2,1-3H3/b17-8-. The molecule has 2 aromatic rings. The summed E-state index contributed by atoms with van der Waals surface area (Å²) in [6.45, 7) is 4.72. The maximum absolute atomic E-state index is 12.2. The molecule has 2 aromatic carbocycles. The molecule has 0 aromatic heterocycles. The zero-order valence-electron chi connectivity index (χ0n) is 15.7. The fourth-order valence-corrected chi connectivity index (χ4v) is 2.77. The van der Waals surface area contributed by atoms with Crippen molar-refractivity contribution in [1.82, 2.24) is 0 Å². The second-order valence-corrected chi connectivity index (χ2v) is 7.39. The van der Waals surface area contributed by atoms with E-state index in [4.69, 9.17) is 37.4 Å². The summed E-state index contributed by atoms with van der Waals surface area (Å²) in [6.07, 6.45) is 1.63. The van der Waals surface area contributed by atoms with E-state index < -0.39 is 5.97 Å². The first kappa shape index (κ1) is 20.2. The Balaban J connectivity index is 1.86. The molecule has 0 saturated carbocycles. The summed E-state index contributed by atoms with van der Waals surface area (Å²) < 4.78 is 16.4. The fourth-order valence-electron chi connectivity index (χ4n) is 2.47. The molecule has 5 nitrogen and oxygen atoms in total. The van der Waals surface area contributed by atoms with E-state index in [2.05, 4.69) is 18.8 Å². The molecule has 0 atom stereocenters. The van der Waals surface area contributed by atoms with Crippen LogP contribution in [0.25, 0.3) is 6.08 Å². The molecular formula is C21H19Cl2NO4. The molecule has 1 heterocycles. The summed E-state index contributed by atoms with van der Waals surface area (Å²) in [4.78, 5) is 16.5. The summed E-state index contributed by atoms with van der Waals surface area (Å²) in [6, 6.07) is 10.3. The Labute approximate surface area is 173 Å². The van der Waals surface area contributed by atoms with Crippen LogP contribution in [0.5, 0.6) is 11.5 Å². The predicted molar refractivity (Wildman–Crippen MR) is 110 cm³/mol. The molecule has 0 amide bonds.